The number of aromatic hydroxyl groups is 1. The van der Waals surface area contributed by atoms with E-state index in [1.807, 2.05) is 24.3 Å². The summed E-state index contributed by atoms with van der Waals surface area (Å²) in [5, 5.41) is 13.6. The summed E-state index contributed by atoms with van der Waals surface area (Å²) in [7, 11) is 0. The van der Waals surface area contributed by atoms with Crippen molar-refractivity contribution in [1.82, 2.24) is 15.7 Å². The van der Waals surface area contributed by atoms with Gasteiger partial charge in [0.1, 0.15) is 17.5 Å². The van der Waals surface area contributed by atoms with Gasteiger partial charge in [-0.05, 0) is 97.1 Å². The number of aromatic nitrogens is 1. The Labute approximate surface area is 210 Å². The molecule has 3 aromatic rings. The molecule has 1 heterocycles. The topological polar surface area (TPSA) is 117 Å². The van der Waals surface area contributed by atoms with Crippen LogP contribution in [-0.2, 0) is 16.6 Å². The molecule has 4 aliphatic carbocycles. The van der Waals surface area contributed by atoms with E-state index in [4.69, 9.17) is 10.8 Å². The van der Waals surface area contributed by atoms with E-state index in [-0.39, 0.29) is 23.5 Å². The molecule has 1 atom stereocenters. The Morgan fingerprint density at radius 1 is 1.00 bits per heavy atom. The van der Waals surface area contributed by atoms with Crippen LogP contribution in [0.15, 0.2) is 54.6 Å². The fourth-order valence-electron chi connectivity index (χ4n) is 7.58. The Hall–Kier alpha value is -3.45. The third kappa shape index (κ3) is 4.11. The number of nitrogens with zero attached hydrogens (tertiary/aromatic N) is 1. The second kappa shape index (κ2) is 8.89. The van der Waals surface area contributed by atoms with Gasteiger partial charge in [0, 0.05) is 11.8 Å². The fourth-order valence-corrected chi connectivity index (χ4v) is 7.58. The van der Waals surface area contributed by atoms with Crippen molar-refractivity contribution in [2.75, 3.05) is 0 Å². The number of carbonyl (C=O) groups is 2. The first-order valence-corrected chi connectivity index (χ1v) is 12.9. The fraction of sp³-hybridized carbons (Fsp3) is 0.414. The molecule has 7 nitrogen and oxygen atoms in total. The molecule has 2 amide bonds. The van der Waals surface area contributed by atoms with Gasteiger partial charge in [0.05, 0.1) is 5.52 Å². The van der Waals surface area contributed by atoms with Crippen molar-refractivity contribution in [3.8, 4) is 5.75 Å². The molecule has 0 saturated heterocycles. The maximum Gasteiger partial charge on any atom is 0.270 e. The van der Waals surface area contributed by atoms with Crippen molar-refractivity contribution in [3.63, 3.8) is 0 Å². The number of phenols is 1. The van der Waals surface area contributed by atoms with Crippen LogP contribution in [0.3, 0.4) is 0 Å². The highest BCUT2D eigenvalue weighted by molar-refractivity contribution is 5.98. The van der Waals surface area contributed by atoms with E-state index in [1.165, 1.54) is 44.1 Å². The zero-order valence-electron chi connectivity index (χ0n) is 20.2. The van der Waals surface area contributed by atoms with E-state index < -0.39 is 11.9 Å². The van der Waals surface area contributed by atoms with Gasteiger partial charge in [-0.25, -0.2) is 10.8 Å². The molecule has 4 bridgehead atoms. The van der Waals surface area contributed by atoms with Crippen LogP contribution in [0.25, 0.3) is 10.9 Å². The quantitative estimate of drug-likeness (QED) is 0.242. The summed E-state index contributed by atoms with van der Waals surface area (Å²) in [5.41, 5.74) is 5.45. The number of hydrogen-bond donors (Lipinski definition) is 4. The van der Waals surface area contributed by atoms with Gasteiger partial charge < -0.3 is 10.4 Å². The molecule has 0 aliphatic heterocycles. The van der Waals surface area contributed by atoms with Crippen LogP contribution >= 0.6 is 0 Å². The van der Waals surface area contributed by atoms with E-state index in [0.29, 0.717) is 5.69 Å². The Bertz CT molecular complexity index is 1280. The molecule has 0 unspecified atom stereocenters. The number of benzene rings is 2. The summed E-state index contributed by atoms with van der Waals surface area (Å²) in [6.45, 7) is 0. The molecule has 4 saturated carbocycles. The number of phenolic OH excluding ortho intramolecular Hbond substituents is 1. The van der Waals surface area contributed by atoms with Crippen molar-refractivity contribution in [3.05, 3.63) is 71.4 Å². The normalized spacial score (nSPS) is 27.1. The van der Waals surface area contributed by atoms with Crippen LogP contribution in [0.2, 0.25) is 0 Å². The number of para-hydroxylation sites is 1. The summed E-state index contributed by atoms with van der Waals surface area (Å²) in [6, 6.07) is 15.8. The molecule has 0 spiro atoms. The number of fused-ring (bicyclic) bond motifs is 1. The lowest BCUT2D eigenvalue weighted by molar-refractivity contribution is -0.123. The number of hydrogen-bond acceptors (Lipinski definition) is 5. The molecule has 4 aliphatic rings. The number of rotatable bonds is 6. The number of nitrogens with one attached hydrogen (secondary N) is 2. The zero-order chi connectivity index (χ0) is 24.9. The van der Waals surface area contributed by atoms with Crippen molar-refractivity contribution >= 4 is 22.7 Å². The monoisotopic (exact) mass is 484 g/mol. The maximum absolute atomic E-state index is 13.5. The Morgan fingerprint density at radius 3 is 2.28 bits per heavy atom. The lowest BCUT2D eigenvalue weighted by Gasteiger charge is -2.57. The van der Waals surface area contributed by atoms with Gasteiger partial charge in [0.2, 0.25) is 0 Å². The molecule has 186 valence electrons. The van der Waals surface area contributed by atoms with Crippen LogP contribution in [0.5, 0.6) is 5.75 Å². The van der Waals surface area contributed by atoms with Gasteiger partial charge >= 0.3 is 0 Å². The first-order valence-electron chi connectivity index (χ1n) is 12.9. The third-order valence-corrected chi connectivity index (χ3v) is 8.70. The standard InChI is InChI=1S/C29H32N4O3/c30-33-28(36)25(12-17-5-7-21(34)8-6-17)32-27(35)26-13-23(22-3-1-2-4-24(22)31-26)29-14-18-9-19(15-29)11-20(10-18)16-29/h1-8,13,18-20,25,34H,9-12,14-16,30H2,(H,32,35)(H,33,36)/t18?,19?,20?,25-,29?/m0/s1. The predicted octanol–water partition coefficient (Wildman–Crippen LogP) is 3.74. The number of nitrogens with two attached hydrogens (primary N) is 1. The predicted molar refractivity (Wildman–Crippen MR) is 137 cm³/mol. The molecule has 4 fully saturated rings. The Kier molecular flexibility index (Phi) is 5.67. The minimum absolute atomic E-state index is 0.104. The van der Waals surface area contributed by atoms with E-state index in [2.05, 4.69) is 16.8 Å². The molecule has 0 radical (unpaired) electrons. The van der Waals surface area contributed by atoms with Gasteiger partial charge in [-0.15, -0.1) is 0 Å². The number of amides is 2. The molecule has 7 rings (SSSR count). The summed E-state index contributed by atoms with van der Waals surface area (Å²) in [4.78, 5) is 30.8. The lowest BCUT2D eigenvalue weighted by Crippen LogP contribution is -2.50. The van der Waals surface area contributed by atoms with Crippen molar-refractivity contribution in [2.24, 2.45) is 23.6 Å². The minimum Gasteiger partial charge on any atom is -0.508 e. The van der Waals surface area contributed by atoms with Gasteiger partial charge in [-0.2, -0.15) is 0 Å². The largest absolute Gasteiger partial charge is 0.508 e. The zero-order valence-corrected chi connectivity index (χ0v) is 20.2. The SMILES string of the molecule is NNC(=O)[C@H](Cc1ccc(O)cc1)NC(=O)c1cc(C23CC4CC(CC(C4)C2)C3)c2ccccc2n1. The number of hydrazine groups is 1. The lowest BCUT2D eigenvalue weighted by atomic mass is 9.48. The molecule has 2 aromatic carbocycles. The molecule has 7 heteroatoms. The van der Waals surface area contributed by atoms with E-state index >= 15 is 0 Å². The van der Waals surface area contributed by atoms with Gasteiger partial charge in [0.25, 0.3) is 11.8 Å². The molecule has 1 aromatic heterocycles. The number of pyridine rings is 1. The first kappa shape index (κ1) is 23.0. The van der Waals surface area contributed by atoms with Crippen molar-refractivity contribution < 1.29 is 14.7 Å². The molecule has 36 heavy (non-hydrogen) atoms. The maximum atomic E-state index is 13.5. The summed E-state index contributed by atoms with van der Waals surface area (Å²) in [5.74, 6) is 7.03. The number of carbonyl (C=O) groups excluding carboxylic acids is 2. The highest BCUT2D eigenvalue weighted by Gasteiger charge is 2.52. The minimum atomic E-state index is -0.872. The van der Waals surface area contributed by atoms with E-state index in [9.17, 15) is 14.7 Å². The Morgan fingerprint density at radius 2 is 1.64 bits per heavy atom. The second-order valence-electron chi connectivity index (χ2n) is 11.2. The van der Waals surface area contributed by atoms with Crippen LogP contribution in [-0.4, -0.2) is 27.9 Å². The van der Waals surface area contributed by atoms with E-state index in [0.717, 1.165) is 34.2 Å². The molecular formula is C29H32N4O3. The summed E-state index contributed by atoms with van der Waals surface area (Å²) < 4.78 is 0. The Balaban J connectivity index is 1.34. The first-order chi connectivity index (χ1) is 17.4. The highest BCUT2D eigenvalue weighted by atomic mass is 16.3. The second-order valence-corrected chi connectivity index (χ2v) is 11.2. The highest BCUT2D eigenvalue weighted by Crippen LogP contribution is 2.61. The average Bonchev–Trinajstić information content (AvgIpc) is 2.87. The van der Waals surface area contributed by atoms with Crippen LogP contribution in [0.1, 0.15) is 60.1 Å². The summed E-state index contributed by atoms with van der Waals surface area (Å²) >= 11 is 0. The van der Waals surface area contributed by atoms with Crippen LogP contribution < -0.4 is 16.6 Å². The van der Waals surface area contributed by atoms with Gasteiger partial charge in [-0.3, -0.25) is 15.0 Å². The van der Waals surface area contributed by atoms with Gasteiger partial charge in [-0.1, -0.05) is 30.3 Å². The van der Waals surface area contributed by atoms with Crippen molar-refractivity contribution in [1.29, 1.82) is 0 Å². The van der Waals surface area contributed by atoms with Gasteiger partial charge in [0.15, 0.2) is 0 Å². The van der Waals surface area contributed by atoms with E-state index in [1.54, 1.807) is 24.3 Å². The smallest absolute Gasteiger partial charge is 0.270 e. The molecular weight excluding hydrogens is 452 g/mol. The summed E-state index contributed by atoms with van der Waals surface area (Å²) in [6.07, 6.45) is 7.85. The van der Waals surface area contributed by atoms with Crippen molar-refractivity contribution in [2.45, 2.75) is 56.4 Å². The average molecular weight is 485 g/mol. The third-order valence-electron chi connectivity index (χ3n) is 8.70. The molecule has 5 N–H and O–H groups in total. The van der Waals surface area contributed by atoms with Crippen LogP contribution in [0, 0.1) is 17.8 Å². The van der Waals surface area contributed by atoms with Crippen LogP contribution in [0.4, 0.5) is 0 Å².